The molecule has 0 aliphatic heterocycles. The molecule has 5 nitrogen and oxygen atoms in total. The minimum Gasteiger partial charge on any atom is -0.493 e. The van der Waals surface area contributed by atoms with Gasteiger partial charge in [-0.25, -0.2) is 0 Å². The molecule has 0 bridgehead atoms. The molecular weight excluding hydrogens is 288 g/mol. The first-order valence-corrected chi connectivity index (χ1v) is 7.48. The molecule has 0 fully saturated rings. The molecule has 114 valence electrons. The van der Waals surface area contributed by atoms with Crippen LogP contribution in [0.15, 0.2) is 23.8 Å². The van der Waals surface area contributed by atoms with E-state index in [2.05, 4.69) is 17.2 Å². The SMILES string of the molecule is COc1cc(C(C)NCc2cncs2)cc(OC)c1OC. The Hall–Kier alpha value is -1.79. The number of hydrogen-bond donors (Lipinski definition) is 1. The molecule has 0 spiro atoms. The zero-order chi connectivity index (χ0) is 15.2. The van der Waals surface area contributed by atoms with Gasteiger partial charge >= 0.3 is 0 Å². The van der Waals surface area contributed by atoms with Gasteiger partial charge in [0.2, 0.25) is 5.75 Å². The maximum atomic E-state index is 5.38. The lowest BCUT2D eigenvalue weighted by Crippen LogP contribution is -2.17. The number of nitrogens with zero attached hydrogens (tertiary/aromatic N) is 1. The summed E-state index contributed by atoms with van der Waals surface area (Å²) in [5, 5.41) is 3.46. The first-order chi connectivity index (χ1) is 10.2. The Bertz CT molecular complexity index is 547. The van der Waals surface area contributed by atoms with Crippen LogP contribution in [0.3, 0.4) is 0 Å². The smallest absolute Gasteiger partial charge is 0.203 e. The standard InChI is InChI=1S/C15H20N2O3S/c1-10(17-8-12-7-16-9-21-12)11-5-13(18-2)15(20-4)14(6-11)19-3/h5-7,9-10,17H,8H2,1-4H3. The van der Waals surface area contributed by atoms with Crippen LogP contribution >= 0.6 is 11.3 Å². The molecule has 0 amide bonds. The predicted molar refractivity (Wildman–Crippen MR) is 83.5 cm³/mol. The number of ether oxygens (including phenoxy) is 3. The highest BCUT2D eigenvalue weighted by molar-refractivity contribution is 7.09. The van der Waals surface area contributed by atoms with Gasteiger partial charge in [0.15, 0.2) is 11.5 Å². The second-order valence-corrected chi connectivity index (χ2v) is 5.50. The van der Waals surface area contributed by atoms with E-state index in [4.69, 9.17) is 14.2 Å². The Morgan fingerprint density at radius 2 is 1.81 bits per heavy atom. The van der Waals surface area contributed by atoms with Gasteiger partial charge in [0.1, 0.15) is 0 Å². The molecular formula is C15H20N2O3S. The minimum atomic E-state index is 0.154. The molecule has 0 aliphatic carbocycles. The first kappa shape index (κ1) is 15.6. The maximum Gasteiger partial charge on any atom is 0.203 e. The second-order valence-electron chi connectivity index (χ2n) is 4.53. The fourth-order valence-corrected chi connectivity index (χ4v) is 2.60. The molecule has 1 N–H and O–H groups in total. The lowest BCUT2D eigenvalue weighted by Gasteiger charge is -2.18. The average Bonchev–Trinajstić information content (AvgIpc) is 3.04. The van der Waals surface area contributed by atoms with Crippen molar-refractivity contribution in [3.63, 3.8) is 0 Å². The van der Waals surface area contributed by atoms with Crippen molar-refractivity contribution in [3.05, 3.63) is 34.3 Å². The van der Waals surface area contributed by atoms with Gasteiger partial charge in [0.25, 0.3) is 0 Å². The molecule has 1 unspecified atom stereocenters. The van der Waals surface area contributed by atoms with Crippen LogP contribution in [0.4, 0.5) is 0 Å². The van der Waals surface area contributed by atoms with E-state index in [1.807, 2.05) is 23.8 Å². The van der Waals surface area contributed by atoms with Gasteiger partial charge in [0.05, 0.1) is 26.8 Å². The third kappa shape index (κ3) is 3.65. The zero-order valence-corrected chi connectivity index (χ0v) is 13.5. The highest BCUT2D eigenvalue weighted by Gasteiger charge is 2.16. The van der Waals surface area contributed by atoms with Crippen molar-refractivity contribution in [1.82, 2.24) is 10.3 Å². The summed E-state index contributed by atoms with van der Waals surface area (Å²) >= 11 is 1.64. The van der Waals surface area contributed by atoms with E-state index in [0.717, 1.165) is 12.1 Å². The fourth-order valence-electron chi connectivity index (χ4n) is 2.05. The average molecular weight is 308 g/mol. The van der Waals surface area contributed by atoms with Gasteiger partial charge in [-0.05, 0) is 24.6 Å². The highest BCUT2D eigenvalue weighted by atomic mass is 32.1. The van der Waals surface area contributed by atoms with Gasteiger partial charge in [-0.15, -0.1) is 11.3 Å². The van der Waals surface area contributed by atoms with Crippen LogP contribution in [-0.2, 0) is 6.54 Å². The molecule has 6 heteroatoms. The van der Waals surface area contributed by atoms with Gasteiger partial charge in [-0.2, -0.15) is 0 Å². The number of methoxy groups -OCH3 is 3. The van der Waals surface area contributed by atoms with Crippen molar-refractivity contribution in [2.24, 2.45) is 0 Å². The number of rotatable bonds is 7. The van der Waals surface area contributed by atoms with Gasteiger partial charge in [-0.1, -0.05) is 0 Å². The molecule has 21 heavy (non-hydrogen) atoms. The van der Waals surface area contributed by atoms with Crippen molar-refractivity contribution in [1.29, 1.82) is 0 Å². The van der Waals surface area contributed by atoms with E-state index < -0.39 is 0 Å². The lowest BCUT2D eigenvalue weighted by molar-refractivity contribution is 0.323. The number of nitrogens with one attached hydrogen (secondary N) is 1. The van der Waals surface area contributed by atoms with Gasteiger partial charge < -0.3 is 19.5 Å². The fraction of sp³-hybridized carbons (Fsp3) is 0.400. The third-order valence-corrected chi connectivity index (χ3v) is 4.03. The van der Waals surface area contributed by atoms with Crippen molar-refractivity contribution < 1.29 is 14.2 Å². The second kappa shape index (κ2) is 7.28. The van der Waals surface area contributed by atoms with E-state index >= 15 is 0 Å². The Balaban J connectivity index is 2.18. The van der Waals surface area contributed by atoms with Crippen LogP contribution in [0.25, 0.3) is 0 Å². The summed E-state index contributed by atoms with van der Waals surface area (Å²) in [7, 11) is 4.85. The summed E-state index contributed by atoms with van der Waals surface area (Å²) in [6.45, 7) is 2.88. The van der Waals surface area contributed by atoms with E-state index in [0.29, 0.717) is 17.2 Å². The molecule has 2 rings (SSSR count). The Morgan fingerprint density at radius 3 is 2.29 bits per heavy atom. The summed E-state index contributed by atoms with van der Waals surface area (Å²) in [6.07, 6.45) is 1.87. The Labute approximate surface area is 128 Å². The Kier molecular flexibility index (Phi) is 5.41. The lowest BCUT2D eigenvalue weighted by atomic mass is 10.1. The van der Waals surface area contributed by atoms with E-state index in [1.54, 1.807) is 32.7 Å². The van der Waals surface area contributed by atoms with Crippen molar-refractivity contribution in [2.75, 3.05) is 21.3 Å². The van der Waals surface area contributed by atoms with Crippen LogP contribution in [0.2, 0.25) is 0 Å². The molecule has 0 radical (unpaired) electrons. The largest absolute Gasteiger partial charge is 0.493 e. The summed E-state index contributed by atoms with van der Waals surface area (Å²) < 4.78 is 16.1. The van der Waals surface area contributed by atoms with Crippen LogP contribution < -0.4 is 19.5 Å². The van der Waals surface area contributed by atoms with Gasteiger partial charge in [-0.3, -0.25) is 4.98 Å². The number of aromatic nitrogens is 1. The van der Waals surface area contributed by atoms with Crippen molar-refractivity contribution in [2.45, 2.75) is 19.5 Å². The number of hydrogen-bond acceptors (Lipinski definition) is 6. The van der Waals surface area contributed by atoms with E-state index in [-0.39, 0.29) is 6.04 Å². The monoisotopic (exact) mass is 308 g/mol. The zero-order valence-electron chi connectivity index (χ0n) is 12.7. The summed E-state index contributed by atoms with van der Waals surface area (Å²) in [4.78, 5) is 5.28. The van der Waals surface area contributed by atoms with Crippen LogP contribution in [0.5, 0.6) is 17.2 Å². The molecule has 0 aliphatic rings. The summed E-state index contributed by atoms with van der Waals surface area (Å²) in [5.74, 6) is 1.94. The van der Waals surface area contributed by atoms with E-state index in [1.165, 1.54) is 4.88 Å². The molecule has 0 saturated heterocycles. The maximum absolute atomic E-state index is 5.38. The molecule has 1 heterocycles. The molecule has 1 atom stereocenters. The first-order valence-electron chi connectivity index (χ1n) is 6.60. The highest BCUT2D eigenvalue weighted by Crippen LogP contribution is 2.39. The van der Waals surface area contributed by atoms with Crippen LogP contribution in [0, 0.1) is 0 Å². The molecule has 0 saturated carbocycles. The van der Waals surface area contributed by atoms with Crippen molar-refractivity contribution >= 4 is 11.3 Å². The molecule has 1 aromatic carbocycles. The topological polar surface area (TPSA) is 52.6 Å². The third-order valence-electron chi connectivity index (χ3n) is 3.25. The van der Waals surface area contributed by atoms with Crippen molar-refractivity contribution in [3.8, 4) is 17.2 Å². The number of thiazole rings is 1. The number of benzene rings is 1. The van der Waals surface area contributed by atoms with Gasteiger partial charge in [0, 0.05) is 23.7 Å². The molecule has 2 aromatic rings. The quantitative estimate of drug-likeness (QED) is 0.852. The normalized spacial score (nSPS) is 12.0. The van der Waals surface area contributed by atoms with Crippen LogP contribution in [-0.4, -0.2) is 26.3 Å². The molecule has 1 aromatic heterocycles. The summed E-state index contributed by atoms with van der Waals surface area (Å²) in [5.41, 5.74) is 2.91. The van der Waals surface area contributed by atoms with E-state index in [9.17, 15) is 0 Å². The van der Waals surface area contributed by atoms with Crippen LogP contribution in [0.1, 0.15) is 23.4 Å². The summed E-state index contributed by atoms with van der Waals surface area (Å²) in [6, 6.07) is 4.08. The predicted octanol–water partition coefficient (Wildman–Crippen LogP) is 3.02. The minimum absolute atomic E-state index is 0.154. The Morgan fingerprint density at radius 1 is 1.14 bits per heavy atom.